The number of thiazole rings is 1. The number of aliphatic hydroxyl groups excluding tert-OH is 1. The number of aliphatic hydroxyl groups is 1. The number of hydrogen-bond acceptors (Lipinski definition) is 5. The summed E-state index contributed by atoms with van der Waals surface area (Å²) < 4.78 is 21.4. The normalized spacial score (nSPS) is 14.6. The van der Waals surface area contributed by atoms with Gasteiger partial charge in [0.15, 0.2) is 4.21 Å². The number of sulfonamides is 1. The van der Waals surface area contributed by atoms with Crippen molar-refractivity contribution in [3.05, 3.63) is 11.2 Å². The monoisotopic (exact) mass is 208 g/mol. The summed E-state index contributed by atoms with van der Waals surface area (Å²) in [4.78, 5) is 3.69. The van der Waals surface area contributed by atoms with E-state index in [0.717, 1.165) is 17.5 Å². The molecule has 0 aliphatic heterocycles. The molecule has 1 rings (SSSR count). The highest BCUT2D eigenvalue weighted by Gasteiger charge is 2.14. The van der Waals surface area contributed by atoms with Crippen LogP contribution in [0.3, 0.4) is 0 Å². The minimum atomic E-state index is -3.67. The summed E-state index contributed by atoms with van der Waals surface area (Å²) in [5, 5.41) is 14.2. The van der Waals surface area contributed by atoms with Crippen LogP contribution in [-0.4, -0.2) is 18.5 Å². The van der Waals surface area contributed by atoms with Crippen LogP contribution in [0.15, 0.2) is 10.4 Å². The number of nitrogens with two attached hydrogens (primary N) is 1. The SMILES string of the molecule is C[C@@H](O)c1ncc(S(N)(=O)=O)s1. The van der Waals surface area contributed by atoms with Crippen molar-refractivity contribution in [2.45, 2.75) is 17.2 Å². The fourth-order valence-corrected chi connectivity index (χ4v) is 2.10. The minimum absolute atomic E-state index is 0.0293. The highest BCUT2D eigenvalue weighted by molar-refractivity contribution is 7.91. The highest BCUT2D eigenvalue weighted by Crippen LogP contribution is 2.21. The number of primary sulfonamides is 1. The van der Waals surface area contributed by atoms with Crippen LogP contribution < -0.4 is 5.14 Å². The molecule has 0 radical (unpaired) electrons. The topological polar surface area (TPSA) is 93.3 Å². The summed E-state index contributed by atoms with van der Waals surface area (Å²) in [7, 11) is -3.67. The Labute approximate surface area is 73.9 Å². The van der Waals surface area contributed by atoms with Gasteiger partial charge in [0.25, 0.3) is 0 Å². The smallest absolute Gasteiger partial charge is 0.249 e. The fourth-order valence-electron chi connectivity index (χ4n) is 0.597. The van der Waals surface area contributed by atoms with Crippen molar-refractivity contribution < 1.29 is 13.5 Å². The molecule has 0 aromatic carbocycles. The molecule has 0 bridgehead atoms. The molecule has 12 heavy (non-hydrogen) atoms. The number of aromatic nitrogens is 1. The van der Waals surface area contributed by atoms with E-state index < -0.39 is 16.1 Å². The zero-order valence-corrected chi connectivity index (χ0v) is 7.89. The molecule has 0 amide bonds. The molecule has 1 heterocycles. The van der Waals surface area contributed by atoms with E-state index in [4.69, 9.17) is 10.2 Å². The molecule has 5 nitrogen and oxygen atoms in total. The lowest BCUT2D eigenvalue weighted by Gasteiger charge is -1.94. The lowest BCUT2D eigenvalue weighted by Crippen LogP contribution is -2.09. The van der Waals surface area contributed by atoms with E-state index in [2.05, 4.69) is 4.98 Å². The molecular weight excluding hydrogens is 200 g/mol. The lowest BCUT2D eigenvalue weighted by molar-refractivity contribution is 0.199. The molecule has 1 atom stereocenters. The molecule has 0 saturated carbocycles. The molecule has 68 valence electrons. The third-order valence-electron chi connectivity index (χ3n) is 1.14. The zero-order chi connectivity index (χ0) is 9.35. The lowest BCUT2D eigenvalue weighted by atomic mass is 10.4. The van der Waals surface area contributed by atoms with Crippen molar-refractivity contribution in [1.29, 1.82) is 0 Å². The first-order chi connectivity index (χ1) is 5.41. The predicted octanol–water partition coefficient (Wildman–Crippen LogP) is -0.156. The van der Waals surface area contributed by atoms with Gasteiger partial charge in [0, 0.05) is 0 Å². The van der Waals surface area contributed by atoms with Crippen molar-refractivity contribution in [1.82, 2.24) is 4.98 Å². The van der Waals surface area contributed by atoms with Gasteiger partial charge in [-0.1, -0.05) is 0 Å². The van der Waals surface area contributed by atoms with Gasteiger partial charge in [0.2, 0.25) is 10.0 Å². The van der Waals surface area contributed by atoms with Gasteiger partial charge in [-0.15, -0.1) is 11.3 Å². The molecule has 0 unspecified atom stereocenters. The van der Waals surface area contributed by atoms with E-state index in [1.807, 2.05) is 0 Å². The largest absolute Gasteiger partial charge is 0.386 e. The summed E-state index contributed by atoms with van der Waals surface area (Å²) in [5.41, 5.74) is 0. The molecule has 0 saturated heterocycles. The Bertz CT molecular complexity index is 368. The maximum absolute atomic E-state index is 10.7. The van der Waals surface area contributed by atoms with Gasteiger partial charge in [-0.25, -0.2) is 18.5 Å². The Morgan fingerprint density at radius 2 is 2.33 bits per heavy atom. The molecule has 0 aliphatic carbocycles. The maximum Gasteiger partial charge on any atom is 0.249 e. The second-order valence-electron chi connectivity index (χ2n) is 2.24. The van der Waals surface area contributed by atoms with Crippen LogP contribution >= 0.6 is 11.3 Å². The maximum atomic E-state index is 10.7. The molecule has 7 heteroatoms. The first-order valence-corrected chi connectivity index (χ1v) is 5.44. The zero-order valence-electron chi connectivity index (χ0n) is 6.26. The minimum Gasteiger partial charge on any atom is -0.386 e. The molecule has 1 aromatic heterocycles. The average Bonchev–Trinajstić information content (AvgIpc) is 2.30. The van der Waals surface area contributed by atoms with E-state index in [1.54, 1.807) is 0 Å². The van der Waals surface area contributed by atoms with Crippen molar-refractivity contribution in [2.75, 3.05) is 0 Å². The van der Waals surface area contributed by atoms with Crippen LogP contribution in [0, 0.1) is 0 Å². The summed E-state index contributed by atoms with van der Waals surface area (Å²) in [6.07, 6.45) is 0.382. The third kappa shape index (κ3) is 2.01. The third-order valence-corrected chi connectivity index (χ3v) is 3.72. The van der Waals surface area contributed by atoms with Crippen molar-refractivity contribution in [2.24, 2.45) is 5.14 Å². The van der Waals surface area contributed by atoms with Crippen LogP contribution in [0.2, 0.25) is 0 Å². The predicted molar refractivity (Wildman–Crippen MR) is 44.1 cm³/mol. The Morgan fingerprint density at radius 1 is 1.75 bits per heavy atom. The summed E-state index contributed by atoms with van der Waals surface area (Å²) >= 11 is 0.874. The van der Waals surface area contributed by atoms with E-state index in [9.17, 15) is 8.42 Å². The Kier molecular flexibility index (Phi) is 2.47. The van der Waals surface area contributed by atoms with E-state index in [-0.39, 0.29) is 4.21 Å². The second kappa shape index (κ2) is 3.09. The summed E-state index contributed by atoms with van der Waals surface area (Å²) in [6, 6.07) is 0. The van der Waals surface area contributed by atoms with Gasteiger partial charge in [0.1, 0.15) is 11.1 Å². The van der Waals surface area contributed by atoms with E-state index >= 15 is 0 Å². The first kappa shape index (κ1) is 9.59. The van der Waals surface area contributed by atoms with Gasteiger partial charge in [-0.3, -0.25) is 0 Å². The van der Waals surface area contributed by atoms with Crippen LogP contribution in [-0.2, 0) is 10.0 Å². The molecule has 0 fully saturated rings. The van der Waals surface area contributed by atoms with Crippen LogP contribution in [0.4, 0.5) is 0 Å². The Hall–Kier alpha value is -0.500. The van der Waals surface area contributed by atoms with Gasteiger partial charge >= 0.3 is 0 Å². The fraction of sp³-hybridized carbons (Fsp3) is 0.400. The summed E-state index contributed by atoms with van der Waals surface area (Å²) in [6.45, 7) is 1.51. The van der Waals surface area contributed by atoms with Crippen molar-refractivity contribution in [3.8, 4) is 0 Å². The van der Waals surface area contributed by atoms with Gasteiger partial charge in [-0.2, -0.15) is 0 Å². The summed E-state index contributed by atoms with van der Waals surface area (Å²) in [5.74, 6) is 0. The molecule has 3 N–H and O–H groups in total. The van der Waals surface area contributed by atoms with Gasteiger partial charge < -0.3 is 5.11 Å². The Morgan fingerprint density at radius 3 is 2.58 bits per heavy atom. The van der Waals surface area contributed by atoms with Crippen LogP contribution in [0.1, 0.15) is 18.0 Å². The van der Waals surface area contributed by atoms with Crippen LogP contribution in [0.25, 0.3) is 0 Å². The van der Waals surface area contributed by atoms with Crippen molar-refractivity contribution >= 4 is 21.4 Å². The Balaban J connectivity index is 3.09. The van der Waals surface area contributed by atoms with Gasteiger partial charge in [-0.05, 0) is 6.92 Å². The first-order valence-electron chi connectivity index (χ1n) is 3.08. The number of rotatable bonds is 2. The van der Waals surface area contributed by atoms with Crippen molar-refractivity contribution in [3.63, 3.8) is 0 Å². The van der Waals surface area contributed by atoms with Gasteiger partial charge in [0.05, 0.1) is 6.20 Å². The molecular formula is C5H8N2O3S2. The number of nitrogens with zero attached hydrogens (tertiary/aromatic N) is 1. The second-order valence-corrected chi connectivity index (χ2v) is 5.09. The standard InChI is InChI=1S/C5H8N2O3S2/c1-3(8)5-7-2-4(11-5)12(6,9)10/h2-3,8H,1H3,(H2,6,9,10)/t3-/m1/s1. The van der Waals surface area contributed by atoms with E-state index in [0.29, 0.717) is 5.01 Å². The molecule has 1 aromatic rings. The van der Waals surface area contributed by atoms with Crippen LogP contribution in [0.5, 0.6) is 0 Å². The number of hydrogen-bond donors (Lipinski definition) is 2. The highest BCUT2D eigenvalue weighted by atomic mass is 32.2. The average molecular weight is 208 g/mol. The quantitative estimate of drug-likeness (QED) is 0.706. The van der Waals surface area contributed by atoms with E-state index in [1.165, 1.54) is 6.92 Å². The molecule has 0 aliphatic rings. The molecule has 0 spiro atoms.